The lowest BCUT2D eigenvalue weighted by Crippen LogP contribution is -2.39. The quantitative estimate of drug-likeness (QED) is 0.797. The Labute approximate surface area is 118 Å². The van der Waals surface area contributed by atoms with Crippen LogP contribution in [0.1, 0.15) is 18.5 Å². The number of halogens is 2. The van der Waals surface area contributed by atoms with E-state index < -0.39 is 6.61 Å². The van der Waals surface area contributed by atoms with Gasteiger partial charge in [0.2, 0.25) is 0 Å². The molecule has 0 aliphatic rings. The van der Waals surface area contributed by atoms with Gasteiger partial charge in [0.25, 0.3) is 0 Å². The van der Waals surface area contributed by atoms with Crippen molar-refractivity contribution in [3.8, 4) is 5.75 Å². The second-order valence-corrected chi connectivity index (χ2v) is 4.67. The van der Waals surface area contributed by atoms with Crippen molar-refractivity contribution in [2.45, 2.75) is 25.6 Å². The van der Waals surface area contributed by atoms with Crippen molar-refractivity contribution in [2.24, 2.45) is 5.73 Å². The smallest absolute Gasteiger partial charge is 0.387 e. The summed E-state index contributed by atoms with van der Waals surface area (Å²) >= 11 is 0. The van der Waals surface area contributed by atoms with Crippen LogP contribution in [0.3, 0.4) is 0 Å². The molecule has 1 aromatic rings. The molecular weight excluding hydrogens is 266 g/mol. The van der Waals surface area contributed by atoms with Crippen LogP contribution in [0, 0.1) is 0 Å². The highest BCUT2D eigenvalue weighted by Gasteiger charge is 2.20. The Hall–Kier alpha value is -1.24. The van der Waals surface area contributed by atoms with Crippen LogP contribution in [-0.4, -0.2) is 44.9 Å². The number of rotatable bonds is 8. The minimum absolute atomic E-state index is 0.000694. The van der Waals surface area contributed by atoms with Gasteiger partial charge in [-0.3, -0.25) is 4.90 Å². The van der Waals surface area contributed by atoms with Gasteiger partial charge in [-0.2, -0.15) is 8.78 Å². The Kier molecular flexibility index (Phi) is 6.84. The van der Waals surface area contributed by atoms with Gasteiger partial charge in [0.15, 0.2) is 0 Å². The van der Waals surface area contributed by atoms with E-state index in [0.29, 0.717) is 13.2 Å². The lowest BCUT2D eigenvalue weighted by molar-refractivity contribution is -0.0498. The molecule has 0 aromatic heterocycles. The normalized spacial score (nSPS) is 14.6. The van der Waals surface area contributed by atoms with Gasteiger partial charge in [-0.05, 0) is 31.7 Å². The van der Waals surface area contributed by atoms with Gasteiger partial charge in [-0.1, -0.05) is 12.1 Å². The van der Waals surface area contributed by atoms with Crippen LogP contribution in [0.4, 0.5) is 8.78 Å². The molecular formula is C14H22F2N2O2. The molecule has 6 heteroatoms. The standard InChI is InChI=1S/C14H22F2N2O2/c1-10(9-19-3)18(2)13(8-17)11-4-6-12(7-5-11)20-14(15)16/h4-7,10,13-14H,8-9,17H2,1-3H3. The van der Waals surface area contributed by atoms with E-state index in [4.69, 9.17) is 10.5 Å². The lowest BCUT2D eigenvalue weighted by atomic mass is 10.0. The minimum Gasteiger partial charge on any atom is -0.435 e. The molecule has 0 bridgehead atoms. The third kappa shape index (κ3) is 4.70. The molecule has 0 fully saturated rings. The van der Waals surface area contributed by atoms with E-state index in [1.54, 1.807) is 19.2 Å². The number of ether oxygens (including phenoxy) is 2. The third-order valence-corrected chi connectivity index (χ3v) is 3.31. The molecule has 114 valence electrons. The van der Waals surface area contributed by atoms with Gasteiger partial charge in [0, 0.05) is 25.7 Å². The summed E-state index contributed by atoms with van der Waals surface area (Å²) in [6.07, 6.45) is 0. The number of methoxy groups -OCH3 is 1. The Balaban J connectivity index is 2.79. The van der Waals surface area contributed by atoms with Crippen molar-refractivity contribution < 1.29 is 18.3 Å². The van der Waals surface area contributed by atoms with Crippen LogP contribution in [0.2, 0.25) is 0 Å². The van der Waals surface area contributed by atoms with Crippen molar-refractivity contribution in [3.63, 3.8) is 0 Å². The Morgan fingerprint density at radius 3 is 2.30 bits per heavy atom. The first-order valence-electron chi connectivity index (χ1n) is 6.45. The predicted octanol–water partition coefficient (Wildman–Crippen LogP) is 2.25. The molecule has 0 saturated heterocycles. The predicted molar refractivity (Wildman–Crippen MR) is 74.0 cm³/mol. The Morgan fingerprint density at radius 2 is 1.85 bits per heavy atom. The Bertz CT molecular complexity index is 387. The summed E-state index contributed by atoms with van der Waals surface area (Å²) < 4.78 is 33.7. The van der Waals surface area contributed by atoms with Crippen molar-refractivity contribution >= 4 is 0 Å². The number of benzene rings is 1. The summed E-state index contributed by atoms with van der Waals surface area (Å²) in [6, 6.07) is 6.76. The second kappa shape index (κ2) is 8.14. The first-order valence-corrected chi connectivity index (χ1v) is 6.45. The largest absolute Gasteiger partial charge is 0.435 e. The molecule has 2 atom stereocenters. The molecule has 2 N–H and O–H groups in total. The molecule has 0 spiro atoms. The molecule has 0 radical (unpaired) electrons. The van der Waals surface area contributed by atoms with E-state index in [9.17, 15) is 8.78 Å². The fourth-order valence-electron chi connectivity index (χ4n) is 2.07. The monoisotopic (exact) mass is 288 g/mol. The van der Waals surface area contributed by atoms with E-state index in [0.717, 1.165) is 5.56 Å². The highest BCUT2D eigenvalue weighted by atomic mass is 19.3. The van der Waals surface area contributed by atoms with Crippen LogP contribution in [-0.2, 0) is 4.74 Å². The summed E-state index contributed by atoms with van der Waals surface area (Å²) in [5.74, 6) is 0.145. The SMILES string of the molecule is COCC(C)N(C)C(CN)c1ccc(OC(F)F)cc1. The number of hydrogen-bond acceptors (Lipinski definition) is 4. The van der Waals surface area contributed by atoms with Gasteiger partial charge in [-0.15, -0.1) is 0 Å². The average Bonchev–Trinajstić information content (AvgIpc) is 2.41. The van der Waals surface area contributed by atoms with E-state index in [1.165, 1.54) is 12.1 Å². The van der Waals surface area contributed by atoms with Crippen LogP contribution >= 0.6 is 0 Å². The summed E-state index contributed by atoms with van der Waals surface area (Å²) in [7, 11) is 3.61. The molecule has 0 heterocycles. The van der Waals surface area contributed by atoms with E-state index in [-0.39, 0.29) is 17.8 Å². The minimum atomic E-state index is -2.81. The summed E-state index contributed by atoms with van der Waals surface area (Å²) in [5.41, 5.74) is 6.78. The van der Waals surface area contributed by atoms with Crippen LogP contribution in [0.25, 0.3) is 0 Å². The molecule has 2 unspecified atom stereocenters. The summed E-state index contributed by atoms with van der Waals surface area (Å²) in [6.45, 7) is 0.259. The van der Waals surface area contributed by atoms with Gasteiger partial charge in [0.1, 0.15) is 5.75 Å². The van der Waals surface area contributed by atoms with Crippen LogP contribution in [0.5, 0.6) is 5.75 Å². The molecule has 0 amide bonds. The third-order valence-electron chi connectivity index (χ3n) is 3.31. The fraction of sp³-hybridized carbons (Fsp3) is 0.571. The highest BCUT2D eigenvalue weighted by molar-refractivity contribution is 5.29. The average molecular weight is 288 g/mol. The second-order valence-electron chi connectivity index (χ2n) is 4.67. The molecule has 0 aliphatic heterocycles. The number of nitrogens with two attached hydrogens (primary N) is 1. The van der Waals surface area contributed by atoms with Crippen molar-refractivity contribution in [3.05, 3.63) is 29.8 Å². The highest BCUT2D eigenvalue weighted by Crippen LogP contribution is 2.23. The van der Waals surface area contributed by atoms with Crippen molar-refractivity contribution in [1.82, 2.24) is 4.90 Å². The number of likely N-dealkylation sites (N-methyl/N-ethyl adjacent to an activating group) is 1. The zero-order valence-corrected chi connectivity index (χ0v) is 12.1. The maximum absolute atomic E-state index is 12.1. The van der Waals surface area contributed by atoms with E-state index in [2.05, 4.69) is 9.64 Å². The fourth-order valence-corrected chi connectivity index (χ4v) is 2.07. The first-order chi connectivity index (χ1) is 9.49. The molecule has 1 aromatic carbocycles. The first kappa shape index (κ1) is 16.8. The van der Waals surface area contributed by atoms with E-state index in [1.807, 2.05) is 14.0 Å². The Morgan fingerprint density at radius 1 is 1.25 bits per heavy atom. The van der Waals surface area contributed by atoms with Gasteiger partial charge < -0.3 is 15.2 Å². The molecule has 0 aliphatic carbocycles. The number of nitrogens with zero attached hydrogens (tertiary/aromatic N) is 1. The summed E-state index contributed by atoms with van der Waals surface area (Å²) in [5, 5.41) is 0. The molecule has 20 heavy (non-hydrogen) atoms. The van der Waals surface area contributed by atoms with Crippen molar-refractivity contribution in [2.75, 3.05) is 27.3 Å². The lowest BCUT2D eigenvalue weighted by Gasteiger charge is -2.32. The van der Waals surface area contributed by atoms with E-state index >= 15 is 0 Å². The van der Waals surface area contributed by atoms with Crippen LogP contribution < -0.4 is 10.5 Å². The maximum Gasteiger partial charge on any atom is 0.387 e. The van der Waals surface area contributed by atoms with Crippen molar-refractivity contribution in [1.29, 1.82) is 0 Å². The molecule has 4 nitrogen and oxygen atoms in total. The number of hydrogen-bond donors (Lipinski definition) is 1. The maximum atomic E-state index is 12.1. The molecule has 1 rings (SSSR count). The zero-order chi connectivity index (χ0) is 15.1. The van der Waals surface area contributed by atoms with Gasteiger partial charge >= 0.3 is 6.61 Å². The number of alkyl halides is 2. The van der Waals surface area contributed by atoms with Gasteiger partial charge in [-0.25, -0.2) is 0 Å². The zero-order valence-electron chi connectivity index (χ0n) is 12.1. The summed E-state index contributed by atoms with van der Waals surface area (Å²) in [4.78, 5) is 2.10. The van der Waals surface area contributed by atoms with Crippen LogP contribution in [0.15, 0.2) is 24.3 Å². The molecule has 0 saturated carbocycles. The van der Waals surface area contributed by atoms with Gasteiger partial charge in [0.05, 0.1) is 6.61 Å². The topological polar surface area (TPSA) is 47.7 Å².